The van der Waals surface area contributed by atoms with Crippen molar-refractivity contribution >= 4 is 5.91 Å². The SMILES string of the molecule is CC(CNC(=O)C(C)C(N)c1ccccc1)Cn1cccn1. The number of carbonyl (C=O) groups is 1. The molecule has 5 heteroatoms. The van der Waals surface area contributed by atoms with Gasteiger partial charge in [0.05, 0.1) is 5.92 Å². The fourth-order valence-electron chi connectivity index (χ4n) is 2.36. The molecule has 1 amide bonds. The molecule has 0 spiro atoms. The highest BCUT2D eigenvalue weighted by Gasteiger charge is 2.22. The van der Waals surface area contributed by atoms with Crippen LogP contribution in [0.3, 0.4) is 0 Å². The Morgan fingerprint density at radius 1 is 1.27 bits per heavy atom. The molecule has 22 heavy (non-hydrogen) atoms. The Bertz CT molecular complexity index is 568. The second kappa shape index (κ2) is 7.75. The second-order valence-corrected chi connectivity index (χ2v) is 5.80. The van der Waals surface area contributed by atoms with Crippen LogP contribution in [0.5, 0.6) is 0 Å². The van der Waals surface area contributed by atoms with Crippen molar-refractivity contribution in [3.63, 3.8) is 0 Å². The Kier molecular flexibility index (Phi) is 5.72. The van der Waals surface area contributed by atoms with Gasteiger partial charge in [0.15, 0.2) is 0 Å². The van der Waals surface area contributed by atoms with E-state index >= 15 is 0 Å². The van der Waals surface area contributed by atoms with E-state index in [1.807, 2.05) is 54.2 Å². The second-order valence-electron chi connectivity index (χ2n) is 5.80. The third-order valence-electron chi connectivity index (χ3n) is 3.82. The number of nitrogens with two attached hydrogens (primary N) is 1. The van der Waals surface area contributed by atoms with Gasteiger partial charge >= 0.3 is 0 Å². The van der Waals surface area contributed by atoms with Gasteiger partial charge in [0.25, 0.3) is 0 Å². The van der Waals surface area contributed by atoms with E-state index in [2.05, 4.69) is 17.3 Å². The number of aromatic nitrogens is 2. The first kappa shape index (κ1) is 16.2. The van der Waals surface area contributed by atoms with Gasteiger partial charge < -0.3 is 11.1 Å². The Morgan fingerprint density at radius 3 is 2.64 bits per heavy atom. The van der Waals surface area contributed by atoms with Crippen molar-refractivity contribution in [3.05, 3.63) is 54.4 Å². The molecule has 2 rings (SSSR count). The molecule has 5 nitrogen and oxygen atoms in total. The molecule has 0 saturated heterocycles. The van der Waals surface area contributed by atoms with Crippen molar-refractivity contribution in [2.24, 2.45) is 17.6 Å². The number of hydrogen-bond acceptors (Lipinski definition) is 3. The van der Waals surface area contributed by atoms with Crippen molar-refractivity contribution < 1.29 is 4.79 Å². The van der Waals surface area contributed by atoms with Crippen LogP contribution in [0.15, 0.2) is 48.8 Å². The monoisotopic (exact) mass is 300 g/mol. The van der Waals surface area contributed by atoms with Gasteiger partial charge in [-0.1, -0.05) is 44.2 Å². The Labute approximate surface area is 131 Å². The number of nitrogens with zero attached hydrogens (tertiary/aromatic N) is 2. The Morgan fingerprint density at radius 2 is 2.00 bits per heavy atom. The van der Waals surface area contributed by atoms with E-state index in [1.54, 1.807) is 6.20 Å². The third kappa shape index (κ3) is 4.43. The lowest BCUT2D eigenvalue weighted by Crippen LogP contribution is -2.38. The minimum atomic E-state index is -0.289. The summed E-state index contributed by atoms with van der Waals surface area (Å²) in [6.45, 7) is 5.35. The average molecular weight is 300 g/mol. The topological polar surface area (TPSA) is 72.9 Å². The first-order chi connectivity index (χ1) is 10.6. The molecule has 3 N–H and O–H groups in total. The van der Waals surface area contributed by atoms with Gasteiger partial charge in [-0.15, -0.1) is 0 Å². The molecule has 0 radical (unpaired) electrons. The van der Waals surface area contributed by atoms with E-state index in [4.69, 9.17) is 5.73 Å². The van der Waals surface area contributed by atoms with Crippen LogP contribution in [0, 0.1) is 11.8 Å². The molecule has 0 bridgehead atoms. The largest absolute Gasteiger partial charge is 0.355 e. The maximum atomic E-state index is 12.3. The molecular formula is C17H24N4O. The van der Waals surface area contributed by atoms with Gasteiger partial charge in [-0.05, 0) is 17.5 Å². The van der Waals surface area contributed by atoms with Gasteiger partial charge in [-0.2, -0.15) is 5.10 Å². The van der Waals surface area contributed by atoms with Crippen molar-refractivity contribution in [3.8, 4) is 0 Å². The predicted octanol–water partition coefficient (Wildman–Crippen LogP) is 1.97. The van der Waals surface area contributed by atoms with Gasteiger partial charge in [-0.25, -0.2) is 0 Å². The summed E-state index contributed by atoms with van der Waals surface area (Å²) in [6.07, 6.45) is 3.68. The first-order valence-electron chi connectivity index (χ1n) is 7.63. The smallest absolute Gasteiger partial charge is 0.224 e. The number of carbonyl (C=O) groups excluding carboxylic acids is 1. The summed E-state index contributed by atoms with van der Waals surface area (Å²) in [5.74, 6) is 0.0342. The average Bonchev–Trinajstić information content (AvgIpc) is 3.05. The van der Waals surface area contributed by atoms with Crippen LogP contribution in [0.2, 0.25) is 0 Å². The minimum absolute atomic E-state index is 0.0105. The molecule has 3 atom stereocenters. The van der Waals surface area contributed by atoms with Gasteiger partial charge in [0, 0.05) is 31.5 Å². The summed E-state index contributed by atoms with van der Waals surface area (Å²) in [5, 5.41) is 7.16. The molecule has 0 fully saturated rings. The first-order valence-corrected chi connectivity index (χ1v) is 7.63. The summed E-state index contributed by atoms with van der Waals surface area (Å²) >= 11 is 0. The van der Waals surface area contributed by atoms with Crippen molar-refractivity contribution in [2.45, 2.75) is 26.4 Å². The molecule has 0 aliphatic heterocycles. The molecule has 1 heterocycles. The van der Waals surface area contributed by atoms with Crippen LogP contribution in [0.1, 0.15) is 25.5 Å². The quantitative estimate of drug-likeness (QED) is 0.821. The van der Waals surface area contributed by atoms with Crippen molar-refractivity contribution in [1.82, 2.24) is 15.1 Å². The standard InChI is InChI=1S/C17H24N4O/c1-13(12-21-10-6-9-20-21)11-19-17(22)14(2)16(18)15-7-4-3-5-8-15/h3-10,13-14,16H,11-12,18H2,1-2H3,(H,19,22). The van der Waals surface area contributed by atoms with Gasteiger partial charge in [-0.3, -0.25) is 9.48 Å². The summed E-state index contributed by atoms with van der Waals surface area (Å²) in [5.41, 5.74) is 7.16. The van der Waals surface area contributed by atoms with Crippen LogP contribution in [-0.4, -0.2) is 22.2 Å². The molecular weight excluding hydrogens is 276 g/mol. The van der Waals surface area contributed by atoms with Crippen LogP contribution < -0.4 is 11.1 Å². The molecule has 2 aromatic rings. The molecule has 0 aliphatic rings. The predicted molar refractivity (Wildman–Crippen MR) is 86.9 cm³/mol. The lowest BCUT2D eigenvalue weighted by molar-refractivity contribution is -0.125. The van der Waals surface area contributed by atoms with Crippen LogP contribution >= 0.6 is 0 Å². The van der Waals surface area contributed by atoms with Crippen molar-refractivity contribution in [2.75, 3.05) is 6.54 Å². The Hall–Kier alpha value is -2.14. The minimum Gasteiger partial charge on any atom is -0.355 e. The zero-order chi connectivity index (χ0) is 15.9. The number of amides is 1. The highest BCUT2D eigenvalue weighted by Crippen LogP contribution is 2.19. The molecule has 1 aromatic heterocycles. The maximum absolute atomic E-state index is 12.3. The number of hydrogen-bond donors (Lipinski definition) is 2. The fraction of sp³-hybridized carbons (Fsp3) is 0.412. The molecule has 118 valence electrons. The van der Waals surface area contributed by atoms with Crippen LogP contribution in [0.25, 0.3) is 0 Å². The van der Waals surface area contributed by atoms with Gasteiger partial charge in [0.1, 0.15) is 0 Å². The van der Waals surface area contributed by atoms with E-state index in [0.717, 1.165) is 12.1 Å². The zero-order valence-electron chi connectivity index (χ0n) is 13.1. The third-order valence-corrected chi connectivity index (χ3v) is 3.82. The molecule has 0 aliphatic carbocycles. The highest BCUT2D eigenvalue weighted by atomic mass is 16.1. The Balaban J connectivity index is 1.81. The molecule has 0 saturated carbocycles. The van der Waals surface area contributed by atoms with Crippen LogP contribution in [0.4, 0.5) is 0 Å². The summed E-state index contributed by atoms with van der Waals surface area (Å²) in [7, 11) is 0. The summed E-state index contributed by atoms with van der Waals surface area (Å²) in [4.78, 5) is 12.3. The van der Waals surface area contributed by atoms with E-state index in [0.29, 0.717) is 12.5 Å². The lowest BCUT2D eigenvalue weighted by Gasteiger charge is -2.21. The fourth-order valence-corrected chi connectivity index (χ4v) is 2.36. The van der Waals surface area contributed by atoms with E-state index < -0.39 is 0 Å². The number of benzene rings is 1. The lowest BCUT2D eigenvalue weighted by atomic mass is 9.94. The van der Waals surface area contributed by atoms with E-state index in [-0.39, 0.29) is 17.9 Å². The number of nitrogens with one attached hydrogen (secondary N) is 1. The normalized spacial score (nSPS) is 15.0. The summed E-state index contributed by atoms with van der Waals surface area (Å²) < 4.78 is 1.87. The summed E-state index contributed by atoms with van der Waals surface area (Å²) in [6, 6.07) is 11.3. The van der Waals surface area contributed by atoms with E-state index in [1.165, 1.54) is 0 Å². The van der Waals surface area contributed by atoms with Crippen molar-refractivity contribution in [1.29, 1.82) is 0 Å². The van der Waals surface area contributed by atoms with E-state index in [9.17, 15) is 4.79 Å². The molecule has 1 aromatic carbocycles. The number of rotatable bonds is 7. The maximum Gasteiger partial charge on any atom is 0.224 e. The van der Waals surface area contributed by atoms with Crippen LogP contribution in [-0.2, 0) is 11.3 Å². The molecule has 3 unspecified atom stereocenters. The zero-order valence-corrected chi connectivity index (χ0v) is 13.1. The van der Waals surface area contributed by atoms with Gasteiger partial charge in [0.2, 0.25) is 5.91 Å². The highest BCUT2D eigenvalue weighted by molar-refractivity contribution is 5.79.